The Bertz CT molecular complexity index is 381. The number of rotatable bonds is 3. The predicted molar refractivity (Wildman–Crippen MR) is 69.9 cm³/mol. The van der Waals surface area contributed by atoms with E-state index >= 15 is 0 Å². The number of hydrogen-bond acceptors (Lipinski definition) is 2. The van der Waals surface area contributed by atoms with Crippen molar-refractivity contribution in [1.82, 2.24) is 0 Å². The molecule has 80 valence electrons. The summed E-state index contributed by atoms with van der Waals surface area (Å²) in [5, 5.41) is 0. The number of nitrogens with zero attached hydrogens (tertiary/aromatic N) is 1. The summed E-state index contributed by atoms with van der Waals surface area (Å²) in [5.74, 6) is 0. The topological polar surface area (TPSA) is 38.4 Å². The Morgan fingerprint density at radius 2 is 2.20 bits per heavy atom. The third kappa shape index (κ3) is 3.88. The van der Waals surface area contributed by atoms with Crippen LogP contribution in [-0.4, -0.2) is 12.3 Å². The minimum Gasteiger partial charge on any atom is -0.404 e. The predicted octanol–water partition coefficient (Wildman–Crippen LogP) is 3.23. The van der Waals surface area contributed by atoms with Crippen molar-refractivity contribution in [3.63, 3.8) is 0 Å². The number of aliphatic imine (C=N–C) groups is 1. The summed E-state index contributed by atoms with van der Waals surface area (Å²) in [7, 11) is 0. The fourth-order valence-electron chi connectivity index (χ4n) is 1.11. The summed E-state index contributed by atoms with van der Waals surface area (Å²) in [6.07, 6.45) is 3.39. The molecule has 0 saturated carbocycles. The normalized spacial score (nSPS) is 12.7. The van der Waals surface area contributed by atoms with E-state index in [1.807, 2.05) is 44.3 Å². The van der Waals surface area contributed by atoms with Crippen molar-refractivity contribution in [2.24, 2.45) is 10.7 Å². The van der Waals surface area contributed by atoms with Crippen molar-refractivity contribution in [3.8, 4) is 0 Å². The number of benzene rings is 1. The highest BCUT2D eigenvalue weighted by molar-refractivity contribution is 9.10. The van der Waals surface area contributed by atoms with Gasteiger partial charge >= 0.3 is 0 Å². The molecule has 0 fully saturated rings. The van der Waals surface area contributed by atoms with Gasteiger partial charge in [0.05, 0.1) is 0 Å². The maximum absolute atomic E-state index is 5.57. The Morgan fingerprint density at radius 1 is 1.47 bits per heavy atom. The summed E-state index contributed by atoms with van der Waals surface area (Å²) < 4.78 is 1.04. The summed E-state index contributed by atoms with van der Waals surface area (Å²) in [4.78, 5) is 4.31. The van der Waals surface area contributed by atoms with Crippen molar-refractivity contribution >= 4 is 27.7 Å². The molecule has 0 aromatic heterocycles. The van der Waals surface area contributed by atoms with E-state index in [1.165, 1.54) is 0 Å². The van der Waals surface area contributed by atoms with Crippen LogP contribution in [-0.2, 0) is 0 Å². The average molecular weight is 267 g/mol. The molecule has 0 aliphatic heterocycles. The van der Waals surface area contributed by atoms with Crippen LogP contribution in [0.5, 0.6) is 0 Å². The minimum absolute atomic E-state index is 0.284. The largest absolute Gasteiger partial charge is 0.404 e. The lowest BCUT2D eigenvalue weighted by Gasteiger charge is -2.02. The first-order valence-electron chi connectivity index (χ1n) is 4.84. The summed E-state index contributed by atoms with van der Waals surface area (Å²) in [6, 6.07) is 8.27. The van der Waals surface area contributed by atoms with Crippen molar-refractivity contribution in [3.05, 3.63) is 40.5 Å². The van der Waals surface area contributed by atoms with Gasteiger partial charge in [0.1, 0.15) is 0 Å². The van der Waals surface area contributed by atoms with Crippen molar-refractivity contribution < 1.29 is 0 Å². The first-order chi connectivity index (χ1) is 7.13. The highest BCUT2D eigenvalue weighted by Gasteiger charge is 1.98. The number of hydrogen-bond donors (Lipinski definition) is 1. The Labute approximate surface area is 99.0 Å². The molecule has 15 heavy (non-hydrogen) atoms. The molecule has 0 radical (unpaired) electrons. The van der Waals surface area contributed by atoms with Crippen LogP contribution in [0.15, 0.2) is 39.9 Å². The van der Waals surface area contributed by atoms with Gasteiger partial charge in [-0.1, -0.05) is 28.1 Å². The number of nitrogens with two attached hydrogens (primary N) is 1. The second-order valence-corrected chi connectivity index (χ2v) is 4.42. The maximum atomic E-state index is 5.57. The zero-order chi connectivity index (χ0) is 11.3. The minimum atomic E-state index is 0.284. The molecule has 1 rings (SSSR count). The summed E-state index contributed by atoms with van der Waals surface area (Å²) >= 11 is 3.43. The van der Waals surface area contributed by atoms with Crippen LogP contribution >= 0.6 is 15.9 Å². The fourth-order valence-corrected chi connectivity index (χ4v) is 1.51. The smallest absolute Gasteiger partial charge is 0.0443 e. The molecule has 0 aliphatic rings. The Hall–Kier alpha value is -1.09. The molecule has 0 amide bonds. The maximum Gasteiger partial charge on any atom is 0.0443 e. The molecule has 0 heterocycles. The lowest BCUT2D eigenvalue weighted by Crippen LogP contribution is -1.95. The molecular formula is C12H15BrN2. The molecule has 0 bridgehead atoms. The third-order valence-corrected chi connectivity index (χ3v) is 2.34. The van der Waals surface area contributed by atoms with Gasteiger partial charge in [-0.05, 0) is 31.5 Å². The second kappa shape index (κ2) is 5.71. The second-order valence-electron chi connectivity index (χ2n) is 3.50. The molecule has 1 aromatic rings. The van der Waals surface area contributed by atoms with Gasteiger partial charge in [0.2, 0.25) is 0 Å². The van der Waals surface area contributed by atoms with Crippen LogP contribution < -0.4 is 5.73 Å². The van der Waals surface area contributed by atoms with E-state index in [9.17, 15) is 0 Å². The number of halogens is 1. The van der Waals surface area contributed by atoms with Gasteiger partial charge in [-0.15, -0.1) is 0 Å². The van der Waals surface area contributed by atoms with Crippen LogP contribution in [0.3, 0.4) is 0 Å². The first kappa shape index (κ1) is 12.0. The first-order valence-corrected chi connectivity index (χ1v) is 5.64. The van der Waals surface area contributed by atoms with Gasteiger partial charge in [-0.2, -0.15) is 0 Å². The summed E-state index contributed by atoms with van der Waals surface area (Å²) in [5.41, 5.74) is 7.57. The Kier molecular flexibility index (Phi) is 4.56. The van der Waals surface area contributed by atoms with Gasteiger partial charge in [-0.3, -0.25) is 4.99 Å². The molecule has 2 nitrogen and oxygen atoms in total. The molecule has 0 atom stereocenters. The van der Waals surface area contributed by atoms with Gasteiger partial charge in [0, 0.05) is 28.5 Å². The Balaban J connectivity index is 2.94. The van der Waals surface area contributed by atoms with E-state index in [4.69, 9.17) is 5.73 Å². The third-order valence-electron chi connectivity index (χ3n) is 1.85. The zero-order valence-corrected chi connectivity index (χ0v) is 10.5. The molecule has 2 N–H and O–H groups in total. The molecule has 0 unspecified atom stereocenters. The lowest BCUT2D eigenvalue weighted by molar-refractivity contribution is 0.842. The number of allylic oxidation sites excluding steroid dienone is 1. The molecule has 0 saturated heterocycles. The van der Waals surface area contributed by atoms with Gasteiger partial charge in [-0.25, -0.2) is 0 Å². The van der Waals surface area contributed by atoms with Crippen LogP contribution in [0.1, 0.15) is 19.4 Å². The summed E-state index contributed by atoms with van der Waals surface area (Å²) in [6.45, 7) is 4.07. The molecular weight excluding hydrogens is 252 g/mol. The standard InChI is InChI=1S/C12H15BrN2/c1-9(2)15-8-11(7-14)10-4-3-5-12(13)6-10/h3-9H,14H2,1-2H3. The monoisotopic (exact) mass is 266 g/mol. The fraction of sp³-hybridized carbons (Fsp3) is 0.250. The van der Waals surface area contributed by atoms with E-state index in [2.05, 4.69) is 20.9 Å². The highest BCUT2D eigenvalue weighted by atomic mass is 79.9. The van der Waals surface area contributed by atoms with E-state index in [0.717, 1.165) is 15.6 Å². The average Bonchev–Trinajstić information content (AvgIpc) is 2.18. The van der Waals surface area contributed by atoms with E-state index < -0.39 is 0 Å². The highest BCUT2D eigenvalue weighted by Crippen LogP contribution is 2.17. The van der Waals surface area contributed by atoms with Crippen molar-refractivity contribution in [2.45, 2.75) is 19.9 Å². The molecule has 3 heteroatoms. The molecule has 1 aromatic carbocycles. The van der Waals surface area contributed by atoms with E-state index in [-0.39, 0.29) is 6.04 Å². The van der Waals surface area contributed by atoms with Crippen molar-refractivity contribution in [1.29, 1.82) is 0 Å². The van der Waals surface area contributed by atoms with E-state index in [1.54, 1.807) is 6.20 Å². The lowest BCUT2D eigenvalue weighted by atomic mass is 10.1. The van der Waals surface area contributed by atoms with Gasteiger partial charge in [0.25, 0.3) is 0 Å². The van der Waals surface area contributed by atoms with Crippen LogP contribution in [0.2, 0.25) is 0 Å². The van der Waals surface area contributed by atoms with Crippen LogP contribution in [0.25, 0.3) is 5.57 Å². The van der Waals surface area contributed by atoms with Crippen molar-refractivity contribution in [2.75, 3.05) is 0 Å². The Morgan fingerprint density at radius 3 is 2.73 bits per heavy atom. The zero-order valence-electron chi connectivity index (χ0n) is 8.94. The van der Waals surface area contributed by atoms with E-state index in [0.29, 0.717) is 0 Å². The SMILES string of the molecule is CC(C)N=CC(=CN)c1cccc(Br)c1. The van der Waals surface area contributed by atoms with Crippen LogP contribution in [0, 0.1) is 0 Å². The van der Waals surface area contributed by atoms with Gasteiger partial charge < -0.3 is 5.73 Å². The molecule has 0 spiro atoms. The van der Waals surface area contributed by atoms with Crippen LogP contribution in [0.4, 0.5) is 0 Å². The van der Waals surface area contributed by atoms with Gasteiger partial charge in [0.15, 0.2) is 0 Å². The molecule has 0 aliphatic carbocycles. The quantitative estimate of drug-likeness (QED) is 0.839.